The van der Waals surface area contributed by atoms with Gasteiger partial charge in [-0.2, -0.15) is 13.2 Å². The number of alkyl halides is 3. The minimum Gasteiger partial charge on any atom is -0.368 e. The van der Waals surface area contributed by atoms with Gasteiger partial charge in [0.25, 0.3) is 0 Å². The molecule has 2 fully saturated rings. The molecule has 0 aliphatic carbocycles. The summed E-state index contributed by atoms with van der Waals surface area (Å²) in [6.45, 7) is 7.69. The first-order chi connectivity index (χ1) is 19.0. The SMILES string of the molecule is CCCCC(=O)N1CCN(c2cc(Cl)nc(SCC(=O)N3CCN(c4cccc(C(F)(F)F)c4)CC3)n2)CC1C. The number of anilines is 2. The Labute approximate surface area is 241 Å². The first-order valence-corrected chi connectivity index (χ1v) is 14.8. The van der Waals surface area contributed by atoms with Gasteiger partial charge in [0, 0.05) is 70.0 Å². The van der Waals surface area contributed by atoms with Gasteiger partial charge in [0.1, 0.15) is 11.0 Å². The van der Waals surface area contributed by atoms with Crippen LogP contribution in [0.1, 0.15) is 38.7 Å². The Morgan fingerprint density at radius 2 is 1.75 bits per heavy atom. The molecule has 1 aromatic heterocycles. The monoisotopic (exact) mass is 598 g/mol. The number of carbonyl (C=O) groups excluding carboxylic acids is 2. The van der Waals surface area contributed by atoms with E-state index in [4.69, 9.17) is 11.6 Å². The maximum Gasteiger partial charge on any atom is 0.416 e. The van der Waals surface area contributed by atoms with Crippen molar-refractivity contribution in [3.05, 3.63) is 41.0 Å². The topological polar surface area (TPSA) is 72.9 Å². The van der Waals surface area contributed by atoms with Crippen molar-refractivity contribution in [2.24, 2.45) is 0 Å². The van der Waals surface area contributed by atoms with E-state index < -0.39 is 11.7 Å². The summed E-state index contributed by atoms with van der Waals surface area (Å²) in [5, 5.41) is 0.677. The summed E-state index contributed by atoms with van der Waals surface area (Å²) in [6.07, 6.45) is -1.96. The quantitative estimate of drug-likeness (QED) is 0.245. The van der Waals surface area contributed by atoms with Crippen molar-refractivity contribution in [1.82, 2.24) is 19.8 Å². The van der Waals surface area contributed by atoms with E-state index >= 15 is 0 Å². The Bertz CT molecular complexity index is 1200. The van der Waals surface area contributed by atoms with Crippen LogP contribution < -0.4 is 9.80 Å². The lowest BCUT2D eigenvalue weighted by atomic mass is 10.1. The van der Waals surface area contributed by atoms with Gasteiger partial charge >= 0.3 is 6.18 Å². The highest BCUT2D eigenvalue weighted by atomic mass is 35.5. The summed E-state index contributed by atoms with van der Waals surface area (Å²) in [6, 6.07) is 6.99. The van der Waals surface area contributed by atoms with Crippen molar-refractivity contribution < 1.29 is 22.8 Å². The number of thioether (sulfide) groups is 1. The van der Waals surface area contributed by atoms with Gasteiger partial charge in [0.05, 0.1) is 11.3 Å². The van der Waals surface area contributed by atoms with Crippen LogP contribution in [0, 0.1) is 0 Å². The lowest BCUT2D eigenvalue weighted by molar-refractivity contribution is -0.137. The van der Waals surface area contributed by atoms with E-state index in [0.29, 0.717) is 68.9 Å². The smallest absolute Gasteiger partial charge is 0.368 e. The minimum atomic E-state index is -4.40. The highest BCUT2D eigenvalue weighted by Crippen LogP contribution is 2.32. The molecule has 1 unspecified atom stereocenters. The van der Waals surface area contributed by atoms with Crippen LogP contribution in [0.4, 0.5) is 24.7 Å². The Balaban J connectivity index is 1.29. The highest BCUT2D eigenvalue weighted by Gasteiger charge is 2.32. The minimum absolute atomic E-state index is 0.0409. The fraction of sp³-hybridized carbons (Fsp3) is 0.556. The van der Waals surface area contributed by atoms with Crippen LogP contribution in [-0.2, 0) is 15.8 Å². The molecule has 218 valence electrons. The molecule has 1 aromatic carbocycles. The van der Waals surface area contributed by atoms with Crippen LogP contribution in [-0.4, -0.2) is 89.2 Å². The van der Waals surface area contributed by atoms with Gasteiger partial charge in [0.2, 0.25) is 11.8 Å². The number of piperazine rings is 2. The molecule has 2 aromatic rings. The zero-order valence-electron chi connectivity index (χ0n) is 22.7. The molecule has 0 saturated carbocycles. The summed E-state index contributed by atoms with van der Waals surface area (Å²) >= 11 is 7.50. The van der Waals surface area contributed by atoms with Gasteiger partial charge in [-0.25, -0.2) is 9.97 Å². The Morgan fingerprint density at radius 1 is 1.02 bits per heavy atom. The molecule has 0 bridgehead atoms. The van der Waals surface area contributed by atoms with Crippen molar-refractivity contribution in [3.63, 3.8) is 0 Å². The number of halogens is 4. The predicted molar refractivity (Wildman–Crippen MR) is 151 cm³/mol. The van der Waals surface area contributed by atoms with E-state index in [-0.39, 0.29) is 28.8 Å². The third-order valence-electron chi connectivity index (χ3n) is 7.17. The number of nitrogens with zero attached hydrogens (tertiary/aromatic N) is 6. The average molecular weight is 599 g/mol. The number of benzene rings is 1. The van der Waals surface area contributed by atoms with Crippen LogP contribution in [0.25, 0.3) is 0 Å². The van der Waals surface area contributed by atoms with Crippen LogP contribution >= 0.6 is 23.4 Å². The molecule has 8 nitrogen and oxygen atoms in total. The standard InChI is InChI=1S/C27H34ClF3N6O2S/c1-3-4-8-24(38)37-14-13-36(17-19(37)2)23-16-22(28)32-26(33-23)40-18-25(39)35-11-9-34(10-12-35)21-7-5-6-20(15-21)27(29,30)31/h5-7,15-16,19H,3-4,8-14,17-18H2,1-2H3. The van der Waals surface area contributed by atoms with E-state index in [0.717, 1.165) is 25.0 Å². The molecule has 0 N–H and O–H groups in total. The number of hydrogen-bond donors (Lipinski definition) is 0. The molecule has 2 aliphatic rings. The lowest BCUT2D eigenvalue weighted by Crippen LogP contribution is -2.54. The van der Waals surface area contributed by atoms with Crippen molar-refractivity contribution in [1.29, 1.82) is 0 Å². The zero-order chi connectivity index (χ0) is 28.9. The second kappa shape index (κ2) is 13.3. The number of rotatable bonds is 8. The molecule has 0 radical (unpaired) electrons. The molecule has 2 aliphatic heterocycles. The molecule has 0 spiro atoms. The normalized spacial score (nSPS) is 18.3. The maximum absolute atomic E-state index is 13.1. The van der Waals surface area contributed by atoms with Crippen molar-refractivity contribution in [2.45, 2.75) is 50.5 Å². The van der Waals surface area contributed by atoms with Crippen LogP contribution in [0.5, 0.6) is 0 Å². The molecule has 3 heterocycles. The van der Waals surface area contributed by atoms with Gasteiger partial charge < -0.3 is 19.6 Å². The summed E-state index contributed by atoms with van der Waals surface area (Å²) in [5.74, 6) is 0.878. The van der Waals surface area contributed by atoms with Crippen molar-refractivity contribution in [2.75, 3.05) is 61.4 Å². The molecule has 2 saturated heterocycles. The summed E-state index contributed by atoms with van der Waals surface area (Å²) < 4.78 is 39.2. The molecular weight excluding hydrogens is 565 g/mol. The molecule has 4 rings (SSSR count). The van der Waals surface area contributed by atoms with Gasteiger partial charge in [-0.15, -0.1) is 0 Å². The fourth-order valence-corrected chi connectivity index (χ4v) is 5.91. The summed E-state index contributed by atoms with van der Waals surface area (Å²) in [4.78, 5) is 41.9. The number of aromatic nitrogens is 2. The third-order valence-corrected chi connectivity index (χ3v) is 8.20. The third kappa shape index (κ3) is 7.72. The molecule has 13 heteroatoms. The first-order valence-electron chi connectivity index (χ1n) is 13.5. The summed E-state index contributed by atoms with van der Waals surface area (Å²) in [7, 11) is 0. The van der Waals surface area contributed by atoms with Gasteiger partial charge in [-0.05, 0) is 31.5 Å². The largest absolute Gasteiger partial charge is 0.416 e. The molecular formula is C27H34ClF3N6O2S. The maximum atomic E-state index is 13.1. The predicted octanol–water partition coefficient (Wildman–Crippen LogP) is 4.82. The number of unbranched alkanes of at least 4 members (excludes halogenated alkanes) is 1. The first kappa shape index (κ1) is 30.2. The second-order valence-electron chi connectivity index (χ2n) is 10.0. The highest BCUT2D eigenvalue weighted by molar-refractivity contribution is 7.99. The fourth-order valence-electron chi connectivity index (χ4n) is 4.93. The van der Waals surface area contributed by atoms with E-state index in [1.54, 1.807) is 17.0 Å². The zero-order valence-corrected chi connectivity index (χ0v) is 24.2. The van der Waals surface area contributed by atoms with Gasteiger partial charge in [-0.3, -0.25) is 9.59 Å². The van der Waals surface area contributed by atoms with Crippen molar-refractivity contribution in [3.8, 4) is 0 Å². The van der Waals surface area contributed by atoms with E-state index in [9.17, 15) is 22.8 Å². The molecule has 2 amide bonds. The number of amides is 2. The number of hydrogen-bond acceptors (Lipinski definition) is 7. The van der Waals surface area contributed by atoms with Crippen molar-refractivity contribution >= 4 is 46.7 Å². The van der Waals surface area contributed by atoms with Crippen LogP contribution in [0.3, 0.4) is 0 Å². The molecule has 1 atom stereocenters. The second-order valence-corrected chi connectivity index (χ2v) is 11.4. The molecule has 40 heavy (non-hydrogen) atoms. The van der Waals surface area contributed by atoms with E-state index in [1.807, 2.05) is 16.7 Å². The lowest BCUT2D eigenvalue weighted by Gasteiger charge is -2.40. The van der Waals surface area contributed by atoms with E-state index in [1.165, 1.54) is 17.8 Å². The van der Waals surface area contributed by atoms with Gasteiger partial charge in [0.15, 0.2) is 5.16 Å². The van der Waals surface area contributed by atoms with Crippen LogP contribution in [0.15, 0.2) is 35.5 Å². The van der Waals surface area contributed by atoms with Gasteiger partial charge in [-0.1, -0.05) is 42.8 Å². The van der Waals surface area contributed by atoms with E-state index in [2.05, 4.69) is 21.8 Å². The Kier molecular flexibility index (Phi) is 10.0. The Morgan fingerprint density at radius 3 is 2.42 bits per heavy atom. The number of carbonyl (C=O) groups is 2. The van der Waals surface area contributed by atoms with Crippen LogP contribution in [0.2, 0.25) is 5.15 Å². The summed E-state index contributed by atoms with van der Waals surface area (Å²) in [5.41, 5.74) is -0.186. The Hall–Kier alpha value is -2.73. The average Bonchev–Trinajstić information content (AvgIpc) is 2.94.